The molecule has 0 N–H and O–H groups in total. The summed E-state index contributed by atoms with van der Waals surface area (Å²) in [6.07, 6.45) is 0.684. The lowest BCUT2D eigenvalue weighted by molar-refractivity contribution is 0.0525. The van der Waals surface area contributed by atoms with Gasteiger partial charge in [0.1, 0.15) is 5.75 Å². The average molecular weight is 356 g/mol. The van der Waals surface area contributed by atoms with Gasteiger partial charge in [0.05, 0.1) is 37.0 Å². The standard InChI is InChI=1S/C20H20O6/c1-4-25-19(22)15-9-14(10-16(11-15)20(23)26-5-2)13-6-7-18(24-3)17(8-13)12-21/h6-12H,4-5H2,1-3H3. The fraction of sp³-hybridized carbons (Fsp3) is 0.250. The molecule has 0 aliphatic heterocycles. The van der Waals surface area contributed by atoms with Crippen molar-refractivity contribution in [2.75, 3.05) is 20.3 Å². The summed E-state index contributed by atoms with van der Waals surface area (Å²) < 4.78 is 15.2. The molecule has 0 heterocycles. The Morgan fingerprint density at radius 3 is 1.92 bits per heavy atom. The van der Waals surface area contributed by atoms with E-state index in [9.17, 15) is 14.4 Å². The summed E-state index contributed by atoms with van der Waals surface area (Å²) in [5.74, 6) is -0.635. The quantitative estimate of drug-likeness (QED) is 0.558. The van der Waals surface area contributed by atoms with Crippen molar-refractivity contribution in [2.45, 2.75) is 13.8 Å². The highest BCUT2D eigenvalue weighted by atomic mass is 16.5. The Morgan fingerprint density at radius 1 is 0.885 bits per heavy atom. The predicted octanol–water partition coefficient (Wildman–Crippen LogP) is 3.53. The first-order chi connectivity index (χ1) is 12.5. The van der Waals surface area contributed by atoms with Gasteiger partial charge in [0, 0.05) is 0 Å². The Kier molecular flexibility index (Phi) is 6.49. The zero-order chi connectivity index (χ0) is 19.1. The van der Waals surface area contributed by atoms with E-state index in [1.54, 1.807) is 44.2 Å². The van der Waals surface area contributed by atoms with Crippen LogP contribution >= 0.6 is 0 Å². The Balaban J connectivity index is 2.57. The lowest BCUT2D eigenvalue weighted by Crippen LogP contribution is -2.09. The van der Waals surface area contributed by atoms with Gasteiger partial charge >= 0.3 is 11.9 Å². The molecule has 0 atom stereocenters. The van der Waals surface area contributed by atoms with E-state index >= 15 is 0 Å². The van der Waals surface area contributed by atoms with Crippen molar-refractivity contribution < 1.29 is 28.6 Å². The molecule has 0 aliphatic carbocycles. The van der Waals surface area contributed by atoms with Crippen LogP contribution in [0.4, 0.5) is 0 Å². The first-order valence-electron chi connectivity index (χ1n) is 8.16. The monoisotopic (exact) mass is 356 g/mol. The number of ether oxygens (including phenoxy) is 3. The number of aldehydes is 1. The molecule has 6 heteroatoms. The Labute approximate surface area is 151 Å². The van der Waals surface area contributed by atoms with Gasteiger partial charge in [0.25, 0.3) is 0 Å². The van der Waals surface area contributed by atoms with Crippen molar-refractivity contribution in [3.05, 3.63) is 53.1 Å². The molecule has 26 heavy (non-hydrogen) atoms. The number of hydrogen-bond donors (Lipinski definition) is 0. The molecule has 0 saturated carbocycles. The largest absolute Gasteiger partial charge is 0.496 e. The molecule has 0 aliphatic rings. The van der Waals surface area contributed by atoms with Crippen molar-refractivity contribution in [3.63, 3.8) is 0 Å². The van der Waals surface area contributed by atoms with Gasteiger partial charge in [-0.1, -0.05) is 6.07 Å². The lowest BCUT2D eigenvalue weighted by Gasteiger charge is -2.11. The maximum Gasteiger partial charge on any atom is 0.338 e. The SMILES string of the molecule is CCOC(=O)c1cc(C(=O)OCC)cc(-c2ccc(OC)c(C=O)c2)c1. The highest BCUT2D eigenvalue weighted by Gasteiger charge is 2.16. The summed E-state index contributed by atoms with van der Waals surface area (Å²) in [7, 11) is 1.47. The van der Waals surface area contributed by atoms with E-state index in [-0.39, 0.29) is 24.3 Å². The molecule has 136 valence electrons. The maximum atomic E-state index is 12.1. The van der Waals surface area contributed by atoms with Gasteiger partial charge in [0.15, 0.2) is 6.29 Å². The number of esters is 2. The van der Waals surface area contributed by atoms with Gasteiger partial charge in [-0.05, 0) is 55.3 Å². The zero-order valence-electron chi connectivity index (χ0n) is 14.9. The molecule has 0 unspecified atom stereocenters. The van der Waals surface area contributed by atoms with Gasteiger partial charge in [-0.2, -0.15) is 0 Å². The van der Waals surface area contributed by atoms with Crippen LogP contribution in [0.3, 0.4) is 0 Å². The molecule has 6 nitrogen and oxygen atoms in total. The third-order valence-electron chi connectivity index (χ3n) is 3.65. The van der Waals surface area contributed by atoms with Crippen molar-refractivity contribution >= 4 is 18.2 Å². The van der Waals surface area contributed by atoms with E-state index in [2.05, 4.69) is 0 Å². The topological polar surface area (TPSA) is 78.9 Å². The second-order valence-electron chi connectivity index (χ2n) is 5.31. The number of rotatable bonds is 7. The van der Waals surface area contributed by atoms with Crippen LogP contribution in [0.5, 0.6) is 5.75 Å². The molecule has 0 spiro atoms. The van der Waals surface area contributed by atoms with Gasteiger partial charge in [-0.25, -0.2) is 9.59 Å². The smallest absolute Gasteiger partial charge is 0.338 e. The third kappa shape index (κ3) is 4.27. The van der Waals surface area contributed by atoms with Crippen molar-refractivity contribution in [1.82, 2.24) is 0 Å². The van der Waals surface area contributed by atoms with Crippen molar-refractivity contribution in [2.24, 2.45) is 0 Å². The number of methoxy groups -OCH3 is 1. The van der Waals surface area contributed by atoms with E-state index in [1.807, 2.05) is 0 Å². The number of hydrogen-bond acceptors (Lipinski definition) is 6. The maximum absolute atomic E-state index is 12.1. The van der Waals surface area contributed by atoms with Gasteiger partial charge in [-0.3, -0.25) is 4.79 Å². The summed E-state index contributed by atoms with van der Waals surface area (Å²) in [5.41, 5.74) is 2.07. The summed E-state index contributed by atoms with van der Waals surface area (Å²) >= 11 is 0. The molecule has 2 rings (SSSR count). The van der Waals surface area contributed by atoms with E-state index in [0.717, 1.165) is 0 Å². The molecule has 0 radical (unpaired) electrons. The minimum Gasteiger partial charge on any atom is -0.496 e. The van der Waals surface area contributed by atoms with E-state index < -0.39 is 11.9 Å². The van der Waals surface area contributed by atoms with Crippen LogP contribution in [0.2, 0.25) is 0 Å². The summed E-state index contributed by atoms with van der Waals surface area (Å²) in [5, 5.41) is 0. The first-order valence-corrected chi connectivity index (χ1v) is 8.16. The molecule has 0 aromatic heterocycles. The predicted molar refractivity (Wildman–Crippen MR) is 95.7 cm³/mol. The minimum absolute atomic E-state index is 0.218. The van der Waals surface area contributed by atoms with Gasteiger partial charge in [0.2, 0.25) is 0 Å². The average Bonchev–Trinajstić information content (AvgIpc) is 2.67. The second kappa shape index (κ2) is 8.80. The van der Waals surface area contributed by atoms with Crippen molar-refractivity contribution in [1.29, 1.82) is 0 Å². The fourth-order valence-electron chi connectivity index (χ4n) is 2.46. The van der Waals surface area contributed by atoms with Crippen LogP contribution in [-0.4, -0.2) is 38.5 Å². The third-order valence-corrected chi connectivity index (χ3v) is 3.65. The van der Waals surface area contributed by atoms with Crippen LogP contribution in [-0.2, 0) is 9.47 Å². The number of carbonyl (C=O) groups is 3. The van der Waals surface area contributed by atoms with Crippen molar-refractivity contribution in [3.8, 4) is 16.9 Å². The molecular weight excluding hydrogens is 336 g/mol. The van der Waals surface area contributed by atoms with Crippen LogP contribution in [0, 0.1) is 0 Å². The van der Waals surface area contributed by atoms with E-state index in [0.29, 0.717) is 28.7 Å². The molecule has 0 amide bonds. The molecular formula is C20H20O6. The van der Waals surface area contributed by atoms with Gasteiger partial charge in [-0.15, -0.1) is 0 Å². The Morgan fingerprint density at radius 2 is 1.46 bits per heavy atom. The summed E-state index contributed by atoms with van der Waals surface area (Å²) in [6.45, 7) is 3.84. The molecule has 0 bridgehead atoms. The second-order valence-corrected chi connectivity index (χ2v) is 5.31. The van der Waals surface area contributed by atoms with Crippen LogP contribution in [0.15, 0.2) is 36.4 Å². The summed E-state index contributed by atoms with van der Waals surface area (Å²) in [4.78, 5) is 35.5. The van der Waals surface area contributed by atoms with Gasteiger partial charge < -0.3 is 14.2 Å². The highest BCUT2D eigenvalue weighted by molar-refractivity contribution is 5.98. The van der Waals surface area contributed by atoms with Crippen LogP contribution < -0.4 is 4.74 Å². The Bertz CT molecular complexity index is 789. The minimum atomic E-state index is -0.538. The van der Waals surface area contributed by atoms with Crippen LogP contribution in [0.1, 0.15) is 44.9 Å². The number of benzene rings is 2. The molecule has 2 aromatic carbocycles. The number of carbonyl (C=O) groups excluding carboxylic acids is 3. The van der Waals surface area contributed by atoms with E-state index in [1.165, 1.54) is 13.2 Å². The molecule has 2 aromatic rings. The van der Waals surface area contributed by atoms with Crippen LogP contribution in [0.25, 0.3) is 11.1 Å². The first kappa shape index (κ1) is 19.2. The Hall–Kier alpha value is -3.15. The lowest BCUT2D eigenvalue weighted by atomic mass is 9.98. The highest BCUT2D eigenvalue weighted by Crippen LogP contribution is 2.28. The zero-order valence-corrected chi connectivity index (χ0v) is 14.9. The fourth-order valence-corrected chi connectivity index (χ4v) is 2.46. The molecule has 0 saturated heterocycles. The summed E-state index contributed by atoms with van der Waals surface area (Å²) in [6, 6.07) is 9.67. The normalized spacial score (nSPS) is 10.1. The molecule has 0 fully saturated rings. The van der Waals surface area contributed by atoms with E-state index in [4.69, 9.17) is 14.2 Å².